The summed E-state index contributed by atoms with van der Waals surface area (Å²) in [5, 5.41) is 9.68. The second kappa shape index (κ2) is 13.4. The number of aryl methyl sites for hydroxylation is 1. The number of rotatable bonds is 15. The Morgan fingerprint density at radius 3 is 1.88 bits per heavy atom. The SMILES string of the molecule is CCCc1cc(C(O)(C(F)(F)F)C(F)(F)F)ccc1OCCCCCCCCCCN1C(=O)N(C)C(C)(C)C1=O. The standard InChI is InChI=1S/C28H40F6N2O4/c1-5-14-20-19-21(26(39,27(29,30)31)28(32,33)34)15-16-22(20)40-18-13-11-9-7-6-8-10-12-17-36-23(37)25(2,3)35(4)24(36)38/h15-16,19,39H,5-14,17-18H2,1-4H3. The van der Waals surface area contributed by atoms with Crippen LogP contribution in [0.4, 0.5) is 31.1 Å². The molecule has 0 unspecified atom stereocenters. The predicted octanol–water partition coefficient (Wildman–Crippen LogP) is 7.12. The van der Waals surface area contributed by atoms with E-state index in [9.17, 15) is 41.0 Å². The second-order valence-electron chi connectivity index (χ2n) is 10.8. The molecule has 1 saturated heterocycles. The fourth-order valence-corrected chi connectivity index (χ4v) is 4.69. The minimum Gasteiger partial charge on any atom is -0.493 e. The van der Waals surface area contributed by atoms with Gasteiger partial charge in [0, 0.05) is 19.2 Å². The summed E-state index contributed by atoms with van der Waals surface area (Å²) in [6, 6.07) is 2.14. The van der Waals surface area contributed by atoms with Crippen molar-refractivity contribution in [1.82, 2.24) is 9.80 Å². The highest BCUT2D eigenvalue weighted by Crippen LogP contribution is 2.50. The van der Waals surface area contributed by atoms with E-state index in [0.717, 1.165) is 57.1 Å². The molecule has 0 radical (unpaired) electrons. The quantitative estimate of drug-likeness (QED) is 0.136. The first-order valence-electron chi connectivity index (χ1n) is 13.7. The molecule has 3 amide bonds. The average Bonchev–Trinajstić information content (AvgIpc) is 3.00. The van der Waals surface area contributed by atoms with Crippen molar-refractivity contribution in [2.75, 3.05) is 20.2 Å². The van der Waals surface area contributed by atoms with E-state index in [1.54, 1.807) is 27.8 Å². The van der Waals surface area contributed by atoms with Gasteiger partial charge in [-0.2, -0.15) is 26.3 Å². The maximum absolute atomic E-state index is 13.2. The molecule has 0 aliphatic carbocycles. The summed E-state index contributed by atoms with van der Waals surface area (Å²) >= 11 is 0. The molecule has 12 heteroatoms. The lowest BCUT2D eigenvalue weighted by Crippen LogP contribution is -2.53. The van der Waals surface area contributed by atoms with Gasteiger partial charge in [-0.05, 0) is 50.8 Å². The Labute approximate surface area is 231 Å². The van der Waals surface area contributed by atoms with Crippen LogP contribution in [0.15, 0.2) is 18.2 Å². The van der Waals surface area contributed by atoms with Crippen molar-refractivity contribution in [3.63, 3.8) is 0 Å². The third kappa shape index (κ3) is 7.41. The van der Waals surface area contributed by atoms with E-state index in [1.807, 2.05) is 0 Å². The number of ether oxygens (including phenoxy) is 1. The van der Waals surface area contributed by atoms with Crippen LogP contribution in [0.3, 0.4) is 0 Å². The summed E-state index contributed by atoms with van der Waals surface area (Å²) in [6.45, 7) is 5.88. The maximum Gasteiger partial charge on any atom is 0.430 e. The highest BCUT2D eigenvalue weighted by Gasteiger charge is 2.71. The molecule has 1 aliphatic rings. The third-order valence-electron chi connectivity index (χ3n) is 7.48. The number of aliphatic hydroxyl groups is 1. The van der Waals surface area contributed by atoms with Crippen molar-refractivity contribution < 1.29 is 45.8 Å². The van der Waals surface area contributed by atoms with Crippen LogP contribution < -0.4 is 4.74 Å². The van der Waals surface area contributed by atoms with E-state index >= 15 is 0 Å². The molecule has 1 aromatic rings. The number of halogens is 6. The molecular formula is C28H40F6N2O4. The molecule has 0 aromatic heterocycles. The molecule has 0 spiro atoms. The van der Waals surface area contributed by atoms with Gasteiger partial charge in [0.25, 0.3) is 11.5 Å². The fourth-order valence-electron chi connectivity index (χ4n) is 4.69. The molecule has 1 fully saturated rings. The lowest BCUT2D eigenvalue weighted by atomic mass is 9.90. The minimum absolute atomic E-state index is 0.177. The van der Waals surface area contributed by atoms with Crippen molar-refractivity contribution in [2.24, 2.45) is 0 Å². The predicted molar refractivity (Wildman–Crippen MR) is 138 cm³/mol. The van der Waals surface area contributed by atoms with Gasteiger partial charge in [0.05, 0.1) is 6.61 Å². The minimum atomic E-state index is -5.93. The zero-order valence-electron chi connectivity index (χ0n) is 23.6. The van der Waals surface area contributed by atoms with Crippen LogP contribution in [0.5, 0.6) is 5.75 Å². The summed E-state index contributed by atoms with van der Waals surface area (Å²) in [6.07, 6.45) is -4.13. The molecule has 40 heavy (non-hydrogen) atoms. The molecule has 6 nitrogen and oxygen atoms in total. The lowest BCUT2D eigenvalue weighted by molar-refractivity contribution is -0.376. The first-order chi connectivity index (χ1) is 18.5. The smallest absolute Gasteiger partial charge is 0.430 e. The molecule has 228 valence electrons. The lowest BCUT2D eigenvalue weighted by Gasteiger charge is -2.33. The van der Waals surface area contributed by atoms with Crippen LogP contribution in [0, 0.1) is 0 Å². The molecular weight excluding hydrogens is 542 g/mol. The Morgan fingerprint density at radius 1 is 0.875 bits per heavy atom. The maximum atomic E-state index is 13.2. The van der Waals surface area contributed by atoms with Gasteiger partial charge in [0.1, 0.15) is 11.3 Å². The van der Waals surface area contributed by atoms with Crippen LogP contribution in [-0.2, 0) is 16.8 Å². The van der Waals surface area contributed by atoms with E-state index in [4.69, 9.17) is 4.74 Å². The summed E-state index contributed by atoms with van der Waals surface area (Å²) < 4.78 is 85.1. The fraction of sp³-hybridized carbons (Fsp3) is 0.714. The first kappa shape index (κ1) is 33.7. The van der Waals surface area contributed by atoms with Crippen LogP contribution >= 0.6 is 0 Å². The highest BCUT2D eigenvalue weighted by atomic mass is 19.4. The van der Waals surface area contributed by atoms with Crippen LogP contribution in [0.25, 0.3) is 0 Å². The second-order valence-corrected chi connectivity index (χ2v) is 10.8. The highest BCUT2D eigenvalue weighted by molar-refractivity contribution is 6.06. The Hall–Kier alpha value is -2.50. The molecule has 2 rings (SSSR count). The average molecular weight is 583 g/mol. The number of imide groups is 1. The van der Waals surface area contributed by atoms with Gasteiger partial charge in [-0.25, -0.2) is 4.79 Å². The van der Waals surface area contributed by atoms with Crippen LogP contribution in [0.1, 0.15) is 89.7 Å². The molecule has 0 bridgehead atoms. The van der Waals surface area contributed by atoms with Crippen LogP contribution in [-0.4, -0.2) is 64.9 Å². The number of carbonyl (C=O) groups is 2. The number of unbranched alkanes of at least 4 members (excludes halogenated alkanes) is 7. The van der Waals surface area contributed by atoms with Crippen molar-refractivity contribution in [2.45, 2.75) is 108 Å². The number of carbonyl (C=O) groups excluding carboxylic acids is 2. The third-order valence-corrected chi connectivity index (χ3v) is 7.48. The molecule has 1 aromatic carbocycles. The number of hydrogen-bond acceptors (Lipinski definition) is 4. The van der Waals surface area contributed by atoms with E-state index in [2.05, 4.69) is 0 Å². The van der Waals surface area contributed by atoms with Crippen molar-refractivity contribution in [1.29, 1.82) is 0 Å². The number of hydrogen-bond donors (Lipinski definition) is 1. The Morgan fingerprint density at radius 2 is 1.40 bits per heavy atom. The van der Waals surface area contributed by atoms with Crippen molar-refractivity contribution in [3.8, 4) is 5.75 Å². The van der Waals surface area contributed by atoms with Gasteiger partial charge in [-0.3, -0.25) is 9.69 Å². The van der Waals surface area contributed by atoms with E-state index in [1.165, 1.54) is 9.80 Å². The van der Waals surface area contributed by atoms with Crippen LogP contribution in [0.2, 0.25) is 0 Å². The summed E-state index contributed by atoms with van der Waals surface area (Å²) in [5.41, 5.74) is -6.87. The number of benzene rings is 1. The number of alkyl halides is 6. The summed E-state index contributed by atoms with van der Waals surface area (Å²) in [4.78, 5) is 27.4. The van der Waals surface area contributed by atoms with Crippen molar-refractivity contribution >= 4 is 11.9 Å². The molecule has 1 N–H and O–H groups in total. The van der Waals surface area contributed by atoms with Gasteiger partial charge < -0.3 is 14.7 Å². The monoisotopic (exact) mass is 582 g/mol. The number of nitrogens with zero attached hydrogens (tertiary/aromatic N) is 2. The Bertz CT molecular complexity index is 995. The van der Waals surface area contributed by atoms with Crippen molar-refractivity contribution in [3.05, 3.63) is 29.3 Å². The summed E-state index contributed by atoms with van der Waals surface area (Å²) in [7, 11) is 1.63. The van der Waals surface area contributed by atoms with E-state index in [-0.39, 0.29) is 36.3 Å². The van der Waals surface area contributed by atoms with Gasteiger partial charge in [-0.1, -0.05) is 57.9 Å². The normalized spacial score (nSPS) is 16.3. The zero-order valence-corrected chi connectivity index (χ0v) is 23.6. The topological polar surface area (TPSA) is 70.1 Å². The Kier molecular flexibility index (Phi) is 11.3. The van der Waals surface area contributed by atoms with E-state index < -0.39 is 29.1 Å². The Balaban J connectivity index is 1.72. The number of likely N-dealkylation sites (N-methyl/N-ethyl adjacent to an activating group) is 1. The van der Waals surface area contributed by atoms with Gasteiger partial charge in [-0.15, -0.1) is 0 Å². The van der Waals surface area contributed by atoms with Gasteiger partial charge in [0.2, 0.25) is 0 Å². The molecule has 0 saturated carbocycles. The molecule has 1 aliphatic heterocycles. The van der Waals surface area contributed by atoms with Gasteiger partial charge >= 0.3 is 18.4 Å². The number of amides is 3. The summed E-state index contributed by atoms with van der Waals surface area (Å²) in [5.74, 6) is 0.0333. The number of urea groups is 1. The largest absolute Gasteiger partial charge is 0.493 e. The molecule has 1 heterocycles. The van der Waals surface area contributed by atoms with Gasteiger partial charge in [0.15, 0.2) is 0 Å². The molecule has 0 atom stereocenters. The van der Waals surface area contributed by atoms with E-state index in [0.29, 0.717) is 25.5 Å². The first-order valence-corrected chi connectivity index (χ1v) is 13.7. The zero-order chi connectivity index (χ0) is 30.4.